The highest BCUT2D eigenvalue weighted by Gasteiger charge is 2.35. The Kier molecular flexibility index (Phi) is 5.45. The van der Waals surface area contributed by atoms with E-state index in [2.05, 4.69) is 16.8 Å². The first kappa shape index (κ1) is 16.5. The Labute approximate surface area is 126 Å². The predicted molar refractivity (Wildman–Crippen MR) is 76.9 cm³/mol. The Bertz CT molecular complexity index is 452. The molecule has 1 fully saturated rings. The topological polar surface area (TPSA) is 28.6 Å². The second-order valence-electron chi connectivity index (χ2n) is 5.04. The molecule has 8 heteroatoms. The van der Waals surface area contributed by atoms with Gasteiger partial charge in [0.1, 0.15) is 4.88 Å². The van der Waals surface area contributed by atoms with Crippen molar-refractivity contribution >= 4 is 16.5 Å². The summed E-state index contributed by atoms with van der Waals surface area (Å²) in [5.74, 6) is 0. The van der Waals surface area contributed by atoms with Gasteiger partial charge in [-0.3, -0.25) is 4.90 Å². The van der Waals surface area contributed by atoms with E-state index in [1.54, 1.807) is 7.11 Å². The minimum absolute atomic E-state index is 0.326. The molecular weight excluding hydrogens is 303 g/mol. The number of hydrogen-bond acceptors (Lipinski definition) is 5. The van der Waals surface area contributed by atoms with Gasteiger partial charge >= 0.3 is 6.18 Å². The fourth-order valence-corrected chi connectivity index (χ4v) is 3.32. The molecule has 1 unspecified atom stereocenters. The van der Waals surface area contributed by atoms with Crippen LogP contribution < -0.4 is 4.90 Å². The minimum atomic E-state index is -4.31. The van der Waals surface area contributed by atoms with E-state index in [-0.39, 0.29) is 0 Å². The monoisotopic (exact) mass is 323 g/mol. The molecule has 0 N–H and O–H groups in total. The van der Waals surface area contributed by atoms with E-state index in [1.807, 2.05) is 4.90 Å². The van der Waals surface area contributed by atoms with Crippen LogP contribution in [-0.2, 0) is 10.9 Å². The number of hydrogen-bond donors (Lipinski definition) is 0. The summed E-state index contributed by atoms with van der Waals surface area (Å²) in [4.78, 5) is 7.60. The first-order chi connectivity index (χ1) is 9.95. The summed E-state index contributed by atoms with van der Waals surface area (Å²) in [5.41, 5.74) is 0. The van der Waals surface area contributed by atoms with Gasteiger partial charge in [-0.25, -0.2) is 4.98 Å². The van der Waals surface area contributed by atoms with Gasteiger partial charge in [0.25, 0.3) is 0 Å². The normalized spacial score (nSPS) is 21.0. The molecule has 0 spiro atoms. The van der Waals surface area contributed by atoms with E-state index in [0.29, 0.717) is 30.9 Å². The van der Waals surface area contributed by atoms with Gasteiger partial charge in [0.2, 0.25) is 0 Å². The van der Waals surface area contributed by atoms with Crippen LogP contribution in [0.2, 0.25) is 0 Å². The maximum absolute atomic E-state index is 12.6. The smallest absolute Gasteiger partial charge is 0.383 e. The number of piperazine rings is 1. The van der Waals surface area contributed by atoms with Gasteiger partial charge in [0.05, 0.1) is 12.8 Å². The average Bonchev–Trinajstić information content (AvgIpc) is 2.94. The van der Waals surface area contributed by atoms with Crippen LogP contribution >= 0.6 is 11.3 Å². The van der Waals surface area contributed by atoms with Crippen molar-refractivity contribution in [1.29, 1.82) is 0 Å². The third-order valence-corrected chi connectivity index (χ3v) is 4.80. The second kappa shape index (κ2) is 6.93. The summed E-state index contributed by atoms with van der Waals surface area (Å²) in [5, 5.41) is 0.465. The lowest BCUT2D eigenvalue weighted by Crippen LogP contribution is -2.53. The molecule has 0 radical (unpaired) electrons. The van der Waals surface area contributed by atoms with Crippen molar-refractivity contribution in [3.05, 3.63) is 11.1 Å². The summed E-state index contributed by atoms with van der Waals surface area (Å²) in [7, 11) is 1.67. The van der Waals surface area contributed by atoms with E-state index in [0.717, 1.165) is 37.0 Å². The Morgan fingerprint density at radius 2 is 2.19 bits per heavy atom. The van der Waals surface area contributed by atoms with Gasteiger partial charge < -0.3 is 9.64 Å². The molecule has 1 saturated heterocycles. The molecule has 1 aromatic rings. The Hall–Kier alpha value is -0.860. The van der Waals surface area contributed by atoms with Gasteiger partial charge in [-0.1, -0.05) is 18.3 Å². The van der Waals surface area contributed by atoms with Crippen molar-refractivity contribution in [3.63, 3.8) is 0 Å². The van der Waals surface area contributed by atoms with Crippen LogP contribution in [0, 0.1) is 0 Å². The average molecular weight is 323 g/mol. The number of ether oxygens (including phenoxy) is 1. The van der Waals surface area contributed by atoms with Gasteiger partial charge in [-0.05, 0) is 6.42 Å². The standard InChI is InChI=1S/C13H20F3N3OS/c1-3-10-9-19(5-4-18(10)6-7-20-2)12-17-8-11(21-12)13(14,15)16/h8,10H,3-7,9H2,1-2H3. The number of alkyl halides is 3. The lowest BCUT2D eigenvalue weighted by atomic mass is 10.1. The number of rotatable bonds is 5. The van der Waals surface area contributed by atoms with Crippen molar-refractivity contribution in [3.8, 4) is 0 Å². The van der Waals surface area contributed by atoms with E-state index >= 15 is 0 Å². The molecule has 1 aromatic heterocycles. The van der Waals surface area contributed by atoms with Crippen LogP contribution in [0.4, 0.5) is 18.3 Å². The van der Waals surface area contributed by atoms with Crippen LogP contribution in [-0.4, -0.2) is 55.8 Å². The quantitative estimate of drug-likeness (QED) is 0.833. The van der Waals surface area contributed by atoms with Crippen LogP contribution in [0.5, 0.6) is 0 Å². The van der Waals surface area contributed by atoms with Crippen LogP contribution in [0.3, 0.4) is 0 Å². The SMILES string of the molecule is CCC1CN(c2ncc(C(F)(F)F)s2)CCN1CCOC. The fourth-order valence-electron chi connectivity index (χ4n) is 2.50. The lowest BCUT2D eigenvalue weighted by molar-refractivity contribution is -0.134. The molecule has 1 atom stereocenters. The number of halogens is 3. The molecule has 1 aliphatic rings. The third-order valence-electron chi connectivity index (χ3n) is 3.70. The molecule has 0 saturated carbocycles. The van der Waals surface area contributed by atoms with E-state index in [9.17, 15) is 13.2 Å². The molecule has 2 rings (SSSR count). The third kappa shape index (κ3) is 4.08. The summed E-state index contributed by atoms with van der Waals surface area (Å²) in [6.45, 7) is 5.86. The molecule has 2 heterocycles. The van der Waals surface area contributed by atoms with Crippen molar-refractivity contribution < 1.29 is 17.9 Å². The highest BCUT2D eigenvalue weighted by atomic mass is 32.1. The number of aromatic nitrogens is 1. The van der Waals surface area contributed by atoms with Crippen molar-refractivity contribution in [2.24, 2.45) is 0 Å². The zero-order valence-corrected chi connectivity index (χ0v) is 13.0. The highest BCUT2D eigenvalue weighted by molar-refractivity contribution is 7.15. The Morgan fingerprint density at radius 3 is 2.76 bits per heavy atom. The molecular formula is C13H20F3N3OS. The largest absolute Gasteiger partial charge is 0.427 e. The van der Waals surface area contributed by atoms with E-state index in [1.165, 1.54) is 0 Å². The molecule has 0 amide bonds. The molecule has 4 nitrogen and oxygen atoms in total. The molecule has 21 heavy (non-hydrogen) atoms. The van der Waals surface area contributed by atoms with Gasteiger partial charge in [0, 0.05) is 39.3 Å². The van der Waals surface area contributed by atoms with Gasteiger partial charge in [-0.15, -0.1) is 0 Å². The molecule has 0 bridgehead atoms. The second-order valence-corrected chi connectivity index (χ2v) is 6.05. The first-order valence-electron chi connectivity index (χ1n) is 6.96. The lowest BCUT2D eigenvalue weighted by Gasteiger charge is -2.41. The Balaban J connectivity index is 2.01. The number of thiazole rings is 1. The maximum Gasteiger partial charge on any atom is 0.427 e. The summed E-state index contributed by atoms with van der Waals surface area (Å²) < 4.78 is 43.0. The maximum atomic E-state index is 12.6. The van der Waals surface area contributed by atoms with E-state index < -0.39 is 11.1 Å². The van der Waals surface area contributed by atoms with Gasteiger partial charge in [-0.2, -0.15) is 13.2 Å². The van der Waals surface area contributed by atoms with Crippen molar-refractivity contribution in [1.82, 2.24) is 9.88 Å². The van der Waals surface area contributed by atoms with Gasteiger partial charge in [0.15, 0.2) is 5.13 Å². The zero-order valence-electron chi connectivity index (χ0n) is 12.2. The van der Waals surface area contributed by atoms with Crippen molar-refractivity contribution in [2.45, 2.75) is 25.6 Å². The molecule has 0 aromatic carbocycles. The summed E-state index contributed by atoms with van der Waals surface area (Å²) in [6.07, 6.45) is -2.42. The fraction of sp³-hybridized carbons (Fsp3) is 0.769. The van der Waals surface area contributed by atoms with E-state index in [4.69, 9.17) is 4.74 Å². The van der Waals surface area contributed by atoms with Crippen LogP contribution in [0.25, 0.3) is 0 Å². The number of anilines is 1. The van der Waals surface area contributed by atoms with Crippen LogP contribution in [0.1, 0.15) is 18.2 Å². The molecule has 0 aliphatic carbocycles. The predicted octanol–water partition coefficient (Wildman–Crippen LogP) is 2.71. The summed E-state index contributed by atoms with van der Waals surface area (Å²) in [6, 6.07) is 0.326. The number of methoxy groups -OCH3 is 1. The van der Waals surface area contributed by atoms with Crippen molar-refractivity contribution in [2.75, 3.05) is 44.8 Å². The first-order valence-corrected chi connectivity index (χ1v) is 7.78. The molecule has 120 valence electrons. The number of nitrogens with zero attached hydrogens (tertiary/aromatic N) is 3. The van der Waals surface area contributed by atoms with Crippen LogP contribution in [0.15, 0.2) is 6.20 Å². The highest BCUT2D eigenvalue weighted by Crippen LogP contribution is 2.36. The minimum Gasteiger partial charge on any atom is -0.383 e. The Morgan fingerprint density at radius 1 is 1.43 bits per heavy atom. The zero-order chi connectivity index (χ0) is 15.5. The molecule has 1 aliphatic heterocycles. The summed E-state index contributed by atoms with van der Waals surface area (Å²) >= 11 is 0.725.